The largest absolute Gasteiger partial charge is 0.347 e. The number of hydrogen-bond donors (Lipinski definition) is 1. The van der Waals surface area contributed by atoms with E-state index < -0.39 is 0 Å². The average molecular weight is 365 g/mol. The Morgan fingerprint density at radius 1 is 1.04 bits per heavy atom. The summed E-state index contributed by atoms with van der Waals surface area (Å²) in [5, 5.41) is 4.25. The van der Waals surface area contributed by atoms with E-state index in [0.29, 0.717) is 6.54 Å². The fourth-order valence-electron chi connectivity index (χ4n) is 3.61. The topological polar surface area (TPSA) is 32.3 Å². The van der Waals surface area contributed by atoms with Crippen LogP contribution in [0, 0.1) is 6.92 Å². The van der Waals surface area contributed by atoms with Gasteiger partial charge < -0.3 is 5.32 Å². The van der Waals surface area contributed by atoms with Crippen molar-refractivity contribution >= 4 is 27.3 Å². The van der Waals surface area contributed by atoms with Crippen LogP contribution in [0.25, 0.3) is 10.1 Å². The van der Waals surface area contributed by atoms with Crippen molar-refractivity contribution in [1.29, 1.82) is 0 Å². The molecule has 1 aromatic heterocycles. The summed E-state index contributed by atoms with van der Waals surface area (Å²) in [4.78, 5) is 15.9. The minimum Gasteiger partial charge on any atom is -0.347 e. The number of thiophene rings is 1. The molecule has 3 aromatic rings. The van der Waals surface area contributed by atoms with Gasteiger partial charge in [-0.05, 0) is 61.0 Å². The Hall–Kier alpha value is -2.17. The molecule has 0 unspecified atom stereocenters. The molecule has 0 saturated carbocycles. The van der Waals surface area contributed by atoms with Gasteiger partial charge in [-0.15, -0.1) is 11.3 Å². The summed E-state index contributed by atoms with van der Waals surface area (Å²) in [6.45, 7) is 6.06. The van der Waals surface area contributed by atoms with Gasteiger partial charge in [-0.1, -0.05) is 42.5 Å². The Morgan fingerprint density at radius 3 is 2.46 bits per heavy atom. The molecule has 1 fully saturated rings. The maximum absolute atomic E-state index is 12.6. The van der Waals surface area contributed by atoms with Crippen LogP contribution in [0.1, 0.15) is 39.2 Å². The summed E-state index contributed by atoms with van der Waals surface area (Å²) in [6, 6.07) is 16.8. The van der Waals surface area contributed by atoms with Gasteiger partial charge in [-0.25, -0.2) is 0 Å². The summed E-state index contributed by atoms with van der Waals surface area (Å²) >= 11 is 1.57. The molecule has 1 saturated heterocycles. The van der Waals surface area contributed by atoms with Crippen LogP contribution in [-0.4, -0.2) is 23.9 Å². The van der Waals surface area contributed by atoms with Crippen molar-refractivity contribution in [3.05, 3.63) is 70.1 Å². The van der Waals surface area contributed by atoms with Crippen LogP contribution >= 0.6 is 11.3 Å². The lowest BCUT2D eigenvalue weighted by Gasteiger charge is -2.14. The van der Waals surface area contributed by atoms with Gasteiger partial charge in [0.2, 0.25) is 0 Å². The number of amides is 1. The molecule has 1 aliphatic rings. The van der Waals surface area contributed by atoms with Crippen LogP contribution in [0.15, 0.2) is 48.5 Å². The molecule has 2 heterocycles. The number of aryl methyl sites for hydroxylation is 1. The number of hydrogen-bond acceptors (Lipinski definition) is 3. The van der Waals surface area contributed by atoms with E-state index in [2.05, 4.69) is 46.6 Å². The third-order valence-electron chi connectivity index (χ3n) is 5.13. The number of rotatable bonds is 5. The molecule has 1 amide bonds. The molecule has 2 aromatic carbocycles. The van der Waals surface area contributed by atoms with Crippen LogP contribution in [0.5, 0.6) is 0 Å². The average Bonchev–Trinajstić information content (AvgIpc) is 3.29. The molecule has 4 heteroatoms. The standard InChI is InChI=1S/C22H24N2OS/c1-16-19-6-2-3-7-20(19)26-21(16)22(25)23-14-17-8-10-18(11-9-17)15-24-12-4-5-13-24/h2-3,6-11H,4-5,12-15H2,1H3,(H,23,25). The molecule has 26 heavy (non-hydrogen) atoms. The molecule has 1 N–H and O–H groups in total. The molecule has 134 valence electrons. The van der Waals surface area contributed by atoms with E-state index in [1.165, 1.54) is 41.6 Å². The van der Waals surface area contributed by atoms with Gasteiger partial charge in [0.1, 0.15) is 0 Å². The highest BCUT2D eigenvalue weighted by molar-refractivity contribution is 7.21. The van der Waals surface area contributed by atoms with E-state index in [9.17, 15) is 4.79 Å². The number of nitrogens with zero attached hydrogens (tertiary/aromatic N) is 1. The van der Waals surface area contributed by atoms with Crippen LogP contribution in [0.2, 0.25) is 0 Å². The predicted octanol–water partition coefficient (Wildman–Crippen LogP) is 4.74. The molecule has 0 aliphatic carbocycles. The maximum atomic E-state index is 12.6. The summed E-state index contributed by atoms with van der Waals surface area (Å²) in [5.74, 6) is 0.0184. The molecule has 0 atom stereocenters. The van der Waals surface area contributed by atoms with Gasteiger partial charge in [-0.3, -0.25) is 9.69 Å². The monoisotopic (exact) mass is 364 g/mol. The van der Waals surface area contributed by atoms with E-state index >= 15 is 0 Å². The van der Waals surface area contributed by atoms with Crippen molar-refractivity contribution in [3.63, 3.8) is 0 Å². The molecule has 0 spiro atoms. The molecular weight excluding hydrogens is 340 g/mol. The smallest absolute Gasteiger partial charge is 0.261 e. The first-order valence-corrected chi connectivity index (χ1v) is 10.1. The fraction of sp³-hybridized carbons (Fsp3) is 0.318. The zero-order valence-corrected chi connectivity index (χ0v) is 15.9. The minimum absolute atomic E-state index is 0.0184. The van der Waals surface area contributed by atoms with Gasteiger partial charge >= 0.3 is 0 Å². The first kappa shape index (κ1) is 17.3. The van der Waals surface area contributed by atoms with Crippen molar-refractivity contribution in [3.8, 4) is 0 Å². The maximum Gasteiger partial charge on any atom is 0.261 e. The normalized spacial score (nSPS) is 14.8. The van der Waals surface area contributed by atoms with E-state index in [1.807, 2.05) is 19.1 Å². The molecule has 1 aliphatic heterocycles. The minimum atomic E-state index is 0.0184. The second-order valence-electron chi connectivity index (χ2n) is 7.03. The van der Waals surface area contributed by atoms with Crippen molar-refractivity contribution in [2.45, 2.75) is 32.9 Å². The Morgan fingerprint density at radius 2 is 1.73 bits per heavy atom. The number of carbonyl (C=O) groups is 1. The Kier molecular flexibility index (Phi) is 5.05. The van der Waals surface area contributed by atoms with Crippen molar-refractivity contribution in [2.24, 2.45) is 0 Å². The summed E-state index contributed by atoms with van der Waals surface area (Å²) in [6.07, 6.45) is 2.64. The first-order valence-electron chi connectivity index (χ1n) is 9.27. The summed E-state index contributed by atoms with van der Waals surface area (Å²) < 4.78 is 1.17. The van der Waals surface area contributed by atoms with Crippen LogP contribution in [-0.2, 0) is 13.1 Å². The Balaban J connectivity index is 1.38. The fourth-order valence-corrected chi connectivity index (χ4v) is 4.74. The molecule has 0 radical (unpaired) electrons. The highest BCUT2D eigenvalue weighted by Gasteiger charge is 2.15. The molecular formula is C22H24N2OS. The zero-order valence-electron chi connectivity index (χ0n) is 15.1. The Labute approximate surface area is 158 Å². The van der Waals surface area contributed by atoms with Crippen molar-refractivity contribution in [2.75, 3.05) is 13.1 Å². The lowest BCUT2D eigenvalue weighted by molar-refractivity contribution is 0.0954. The number of benzene rings is 2. The quantitative estimate of drug-likeness (QED) is 0.709. The van der Waals surface area contributed by atoms with Gasteiger partial charge in [0.25, 0.3) is 5.91 Å². The lowest BCUT2D eigenvalue weighted by atomic mass is 10.1. The van der Waals surface area contributed by atoms with E-state index in [1.54, 1.807) is 11.3 Å². The highest BCUT2D eigenvalue weighted by Crippen LogP contribution is 2.30. The number of likely N-dealkylation sites (tertiary alicyclic amines) is 1. The van der Waals surface area contributed by atoms with Crippen LogP contribution in [0.4, 0.5) is 0 Å². The third-order valence-corrected chi connectivity index (χ3v) is 6.40. The predicted molar refractivity (Wildman–Crippen MR) is 109 cm³/mol. The van der Waals surface area contributed by atoms with Gasteiger partial charge in [-0.2, -0.15) is 0 Å². The lowest BCUT2D eigenvalue weighted by Crippen LogP contribution is -2.22. The number of carbonyl (C=O) groups excluding carboxylic acids is 1. The van der Waals surface area contributed by atoms with E-state index in [-0.39, 0.29) is 5.91 Å². The zero-order chi connectivity index (χ0) is 17.9. The van der Waals surface area contributed by atoms with Gasteiger partial charge in [0.15, 0.2) is 0 Å². The first-order chi connectivity index (χ1) is 12.7. The Bertz CT molecular complexity index is 908. The summed E-state index contributed by atoms with van der Waals surface area (Å²) in [5.41, 5.74) is 3.56. The second kappa shape index (κ2) is 7.60. The third kappa shape index (κ3) is 3.67. The van der Waals surface area contributed by atoms with Crippen LogP contribution in [0.3, 0.4) is 0 Å². The van der Waals surface area contributed by atoms with E-state index in [0.717, 1.165) is 22.5 Å². The van der Waals surface area contributed by atoms with Gasteiger partial charge in [0, 0.05) is 17.8 Å². The summed E-state index contributed by atoms with van der Waals surface area (Å²) in [7, 11) is 0. The SMILES string of the molecule is Cc1c(C(=O)NCc2ccc(CN3CCCC3)cc2)sc2ccccc12. The molecule has 0 bridgehead atoms. The van der Waals surface area contributed by atoms with E-state index in [4.69, 9.17) is 0 Å². The van der Waals surface area contributed by atoms with Crippen molar-refractivity contribution < 1.29 is 4.79 Å². The van der Waals surface area contributed by atoms with Crippen molar-refractivity contribution in [1.82, 2.24) is 10.2 Å². The number of fused-ring (bicyclic) bond motifs is 1. The molecule has 4 rings (SSSR count). The number of nitrogens with one attached hydrogen (secondary N) is 1. The van der Waals surface area contributed by atoms with Gasteiger partial charge in [0.05, 0.1) is 4.88 Å². The highest BCUT2D eigenvalue weighted by atomic mass is 32.1. The second-order valence-corrected chi connectivity index (χ2v) is 8.09. The molecule has 3 nitrogen and oxygen atoms in total. The van der Waals surface area contributed by atoms with Crippen LogP contribution < -0.4 is 5.32 Å².